The van der Waals surface area contributed by atoms with Crippen molar-refractivity contribution in [1.82, 2.24) is 24.3 Å². The Balaban J connectivity index is 1.71. The molecule has 0 aliphatic rings. The molecule has 3 heterocycles. The van der Waals surface area contributed by atoms with Gasteiger partial charge in [0.15, 0.2) is 10.8 Å². The number of amides is 1. The molecule has 11 heteroatoms. The molecule has 0 bridgehead atoms. The summed E-state index contributed by atoms with van der Waals surface area (Å²) in [6, 6.07) is 5.09. The van der Waals surface area contributed by atoms with Gasteiger partial charge in [0.1, 0.15) is 17.3 Å². The molecular weight excluding hydrogens is 421 g/mol. The smallest absolute Gasteiger partial charge is 0.271 e. The second-order valence-electron chi connectivity index (χ2n) is 5.76. The van der Waals surface area contributed by atoms with Gasteiger partial charge in [0, 0.05) is 17.8 Å². The minimum atomic E-state index is -0.690. The fraction of sp³-hybridized carbons (Fsp3) is 0.0588. The van der Waals surface area contributed by atoms with Gasteiger partial charge in [-0.3, -0.25) is 9.36 Å². The van der Waals surface area contributed by atoms with Crippen molar-refractivity contribution in [2.45, 2.75) is 6.92 Å². The number of hydrogen-bond donors (Lipinski definition) is 2. The molecule has 1 amide bonds. The molecule has 0 aliphatic carbocycles. The van der Waals surface area contributed by atoms with Gasteiger partial charge in [0.2, 0.25) is 0 Å². The number of carbonyl (C=O) groups is 1. The van der Waals surface area contributed by atoms with Crippen LogP contribution in [0.5, 0.6) is 0 Å². The number of primary amides is 1. The number of nitrogens with one attached hydrogen (secondary N) is 1. The number of nitrogens with zero attached hydrogens (tertiary/aromatic N) is 5. The summed E-state index contributed by atoms with van der Waals surface area (Å²) in [7, 11) is 0. The Morgan fingerprint density at radius 2 is 2.04 bits per heavy atom. The molecule has 4 aromatic rings. The highest BCUT2D eigenvalue weighted by Gasteiger charge is 2.19. The van der Waals surface area contributed by atoms with Gasteiger partial charge in [0.25, 0.3) is 5.91 Å². The summed E-state index contributed by atoms with van der Waals surface area (Å²) in [6.07, 6.45) is 5.12. The van der Waals surface area contributed by atoms with Crippen LogP contribution in [0, 0.1) is 6.92 Å². The van der Waals surface area contributed by atoms with Gasteiger partial charge >= 0.3 is 0 Å². The minimum Gasteiger partial charge on any atom is -0.364 e. The van der Waals surface area contributed by atoms with E-state index < -0.39 is 5.91 Å². The molecule has 0 unspecified atom stereocenters. The predicted molar refractivity (Wildman–Crippen MR) is 109 cm³/mol. The normalized spacial score (nSPS) is 11.0. The van der Waals surface area contributed by atoms with Crippen LogP contribution in [0.25, 0.3) is 10.8 Å². The molecule has 0 aliphatic heterocycles. The third-order valence-corrected chi connectivity index (χ3v) is 5.35. The number of carbonyl (C=O) groups excluding carboxylic acids is 1. The zero-order valence-corrected chi connectivity index (χ0v) is 16.8. The SMILES string of the molecule is Cc1nccn1-c1nc(Nc2cn(-c3c(Cl)cccc3Cl)nc2C(N)=O)cs1. The Morgan fingerprint density at radius 1 is 1.29 bits per heavy atom. The van der Waals surface area contributed by atoms with Gasteiger partial charge < -0.3 is 11.1 Å². The van der Waals surface area contributed by atoms with E-state index in [4.69, 9.17) is 28.9 Å². The molecule has 3 aromatic heterocycles. The van der Waals surface area contributed by atoms with E-state index in [1.54, 1.807) is 30.6 Å². The van der Waals surface area contributed by atoms with E-state index in [0.29, 0.717) is 27.2 Å². The Morgan fingerprint density at radius 3 is 2.68 bits per heavy atom. The molecule has 0 saturated carbocycles. The van der Waals surface area contributed by atoms with Crippen LogP contribution in [0.15, 0.2) is 42.2 Å². The lowest BCUT2D eigenvalue weighted by atomic mass is 10.3. The highest BCUT2D eigenvalue weighted by Crippen LogP contribution is 2.31. The van der Waals surface area contributed by atoms with Crippen LogP contribution in [0.2, 0.25) is 10.0 Å². The van der Waals surface area contributed by atoms with Gasteiger partial charge in [-0.15, -0.1) is 11.3 Å². The van der Waals surface area contributed by atoms with Crippen molar-refractivity contribution < 1.29 is 4.79 Å². The molecular formula is C17H13Cl2N7OS. The van der Waals surface area contributed by atoms with Gasteiger partial charge in [-0.25, -0.2) is 14.6 Å². The summed E-state index contributed by atoms with van der Waals surface area (Å²) < 4.78 is 3.28. The Bertz CT molecular complexity index is 1160. The quantitative estimate of drug-likeness (QED) is 0.495. The highest BCUT2D eigenvalue weighted by molar-refractivity contribution is 7.12. The standard InChI is InChI=1S/C17H13Cl2N7OS/c1-9-21-5-6-25(9)17-23-13(8-28-17)22-12-7-26(24-14(12)16(20)27)15-10(18)3-2-4-11(15)19/h2-8,22H,1H3,(H2,20,27). The minimum absolute atomic E-state index is 0.0457. The van der Waals surface area contributed by atoms with Crippen LogP contribution < -0.4 is 11.1 Å². The van der Waals surface area contributed by atoms with Crippen molar-refractivity contribution in [3.8, 4) is 10.8 Å². The molecule has 1 aromatic carbocycles. The first kappa shape index (κ1) is 18.5. The van der Waals surface area contributed by atoms with Gasteiger partial charge in [-0.1, -0.05) is 29.3 Å². The fourth-order valence-corrected chi connectivity index (χ4v) is 3.98. The van der Waals surface area contributed by atoms with E-state index in [-0.39, 0.29) is 5.69 Å². The average Bonchev–Trinajstić information content (AvgIpc) is 3.35. The summed E-state index contributed by atoms with van der Waals surface area (Å²) in [5, 5.41) is 10.7. The van der Waals surface area contributed by atoms with Gasteiger partial charge in [-0.05, 0) is 19.1 Å². The van der Waals surface area contributed by atoms with Crippen molar-refractivity contribution >= 4 is 52.0 Å². The lowest BCUT2D eigenvalue weighted by Gasteiger charge is -2.06. The van der Waals surface area contributed by atoms with Crippen molar-refractivity contribution in [2.75, 3.05) is 5.32 Å². The first-order valence-electron chi connectivity index (χ1n) is 8.01. The molecule has 4 rings (SSSR count). The number of hydrogen-bond acceptors (Lipinski definition) is 6. The van der Waals surface area contributed by atoms with Gasteiger partial charge in [-0.2, -0.15) is 5.10 Å². The first-order chi connectivity index (χ1) is 13.4. The van der Waals surface area contributed by atoms with E-state index in [1.165, 1.54) is 16.0 Å². The van der Waals surface area contributed by atoms with E-state index in [2.05, 4.69) is 20.4 Å². The lowest BCUT2D eigenvalue weighted by molar-refractivity contribution is 0.0996. The number of halogens is 2. The summed E-state index contributed by atoms with van der Waals surface area (Å²) in [6.45, 7) is 1.89. The monoisotopic (exact) mass is 433 g/mol. The summed E-state index contributed by atoms with van der Waals surface area (Å²) >= 11 is 13.9. The number of imidazole rings is 1. The molecule has 0 fully saturated rings. The molecule has 0 atom stereocenters. The molecule has 8 nitrogen and oxygen atoms in total. The van der Waals surface area contributed by atoms with Crippen LogP contribution in [-0.4, -0.2) is 30.2 Å². The number of nitrogens with two attached hydrogens (primary N) is 1. The van der Waals surface area contributed by atoms with E-state index >= 15 is 0 Å². The summed E-state index contributed by atoms with van der Waals surface area (Å²) in [5.74, 6) is 0.672. The highest BCUT2D eigenvalue weighted by atomic mass is 35.5. The van der Waals surface area contributed by atoms with Gasteiger partial charge in [0.05, 0.1) is 21.9 Å². The molecule has 0 radical (unpaired) electrons. The molecule has 3 N–H and O–H groups in total. The van der Waals surface area contributed by atoms with Crippen LogP contribution >= 0.6 is 34.5 Å². The fourth-order valence-electron chi connectivity index (χ4n) is 2.62. The third-order valence-electron chi connectivity index (χ3n) is 3.90. The predicted octanol–water partition coefficient (Wildman–Crippen LogP) is 3.97. The number of thiazole rings is 1. The second-order valence-corrected chi connectivity index (χ2v) is 7.41. The Hall–Kier alpha value is -2.88. The van der Waals surface area contributed by atoms with E-state index in [1.807, 2.05) is 23.1 Å². The largest absolute Gasteiger partial charge is 0.364 e. The molecule has 142 valence electrons. The Labute approximate surface area is 173 Å². The maximum atomic E-state index is 11.9. The summed E-state index contributed by atoms with van der Waals surface area (Å²) in [4.78, 5) is 20.6. The summed E-state index contributed by atoms with van der Waals surface area (Å²) in [5.41, 5.74) is 6.38. The van der Waals surface area contributed by atoms with Crippen LogP contribution in [0.1, 0.15) is 16.3 Å². The average molecular weight is 434 g/mol. The number of benzene rings is 1. The number of para-hydroxylation sites is 1. The van der Waals surface area contributed by atoms with E-state index in [0.717, 1.165) is 11.0 Å². The molecule has 0 saturated heterocycles. The number of rotatable bonds is 5. The first-order valence-corrected chi connectivity index (χ1v) is 9.64. The second kappa shape index (κ2) is 7.27. The third kappa shape index (κ3) is 3.35. The zero-order valence-electron chi connectivity index (χ0n) is 14.4. The maximum absolute atomic E-state index is 11.9. The molecule has 28 heavy (non-hydrogen) atoms. The molecule has 0 spiro atoms. The maximum Gasteiger partial charge on any atom is 0.271 e. The topological polar surface area (TPSA) is 104 Å². The van der Waals surface area contributed by atoms with Crippen molar-refractivity contribution in [3.05, 3.63) is 63.7 Å². The number of aryl methyl sites for hydroxylation is 1. The zero-order chi connectivity index (χ0) is 19.8. The lowest BCUT2D eigenvalue weighted by Crippen LogP contribution is -2.14. The number of anilines is 2. The van der Waals surface area contributed by atoms with Crippen LogP contribution in [-0.2, 0) is 0 Å². The van der Waals surface area contributed by atoms with Crippen molar-refractivity contribution in [1.29, 1.82) is 0 Å². The number of aromatic nitrogens is 5. The van der Waals surface area contributed by atoms with Crippen LogP contribution in [0.3, 0.4) is 0 Å². The van der Waals surface area contributed by atoms with Crippen molar-refractivity contribution in [3.63, 3.8) is 0 Å². The van der Waals surface area contributed by atoms with E-state index in [9.17, 15) is 4.79 Å². The van der Waals surface area contributed by atoms with Crippen LogP contribution in [0.4, 0.5) is 11.5 Å². The van der Waals surface area contributed by atoms with Crippen molar-refractivity contribution in [2.24, 2.45) is 5.73 Å². The Kier molecular flexibility index (Phi) is 4.80.